The molecule has 1 N–H and O–H groups in total. The minimum absolute atomic E-state index is 0.0758. The summed E-state index contributed by atoms with van der Waals surface area (Å²) in [7, 11) is -1.83. The van der Waals surface area contributed by atoms with Gasteiger partial charge in [0.05, 0.1) is 5.69 Å². The van der Waals surface area contributed by atoms with E-state index in [0.29, 0.717) is 17.1 Å². The molecule has 0 bridgehead atoms. The molecule has 0 saturated heterocycles. The summed E-state index contributed by atoms with van der Waals surface area (Å²) < 4.78 is 26.8. The van der Waals surface area contributed by atoms with E-state index in [0.717, 1.165) is 13.0 Å². The SMILES string of the molecule is CCCNc1ccccc1S(=O)(=O)N(C)CC(C)(C)C. The Morgan fingerprint density at radius 1 is 1.20 bits per heavy atom. The number of hydrogen-bond donors (Lipinski definition) is 1. The third-order valence-electron chi connectivity index (χ3n) is 2.84. The molecule has 0 fully saturated rings. The molecule has 1 aromatic carbocycles. The second-order valence-electron chi connectivity index (χ2n) is 6.24. The van der Waals surface area contributed by atoms with Gasteiger partial charge in [0, 0.05) is 20.1 Å². The van der Waals surface area contributed by atoms with Crippen LogP contribution in [0.5, 0.6) is 0 Å². The largest absolute Gasteiger partial charge is 0.384 e. The van der Waals surface area contributed by atoms with Crippen molar-refractivity contribution in [2.24, 2.45) is 5.41 Å². The van der Waals surface area contributed by atoms with Crippen LogP contribution in [0.2, 0.25) is 0 Å². The van der Waals surface area contributed by atoms with Crippen molar-refractivity contribution in [3.63, 3.8) is 0 Å². The Bertz CT molecular complexity index is 533. The van der Waals surface area contributed by atoms with Crippen LogP contribution in [0.3, 0.4) is 0 Å². The normalized spacial score (nSPS) is 12.7. The Morgan fingerprint density at radius 2 is 1.80 bits per heavy atom. The molecule has 4 nitrogen and oxygen atoms in total. The molecule has 114 valence electrons. The van der Waals surface area contributed by atoms with Gasteiger partial charge in [-0.05, 0) is 24.0 Å². The van der Waals surface area contributed by atoms with Gasteiger partial charge >= 0.3 is 0 Å². The zero-order valence-corrected chi connectivity index (χ0v) is 13.9. The first-order valence-corrected chi connectivity index (χ1v) is 8.42. The van der Waals surface area contributed by atoms with Gasteiger partial charge in [0.1, 0.15) is 4.90 Å². The van der Waals surface area contributed by atoms with Crippen molar-refractivity contribution in [3.05, 3.63) is 24.3 Å². The Morgan fingerprint density at radius 3 is 2.35 bits per heavy atom. The number of anilines is 1. The number of rotatable bonds is 6. The maximum atomic E-state index is 12.7. The Labute approximate surface area is 123 Å². The fraction of sp³-hybridized carbons (Fsp3) is 0.600. The lowest BCUT2D eigenvalue weighted by molar-refractivity contribution is 0.311. The third kappa shape index (κ3) is 4.49. The molecule has 5 heteroatoms. The minimum Gasteiger partial charge on any atom is -0.384 e. The number of nitrogens with zero attached hydrogens (tertiary/aromatic N) is 1. The number of sulfonamides is 1. The van der Waals surface area contributed by atoms with Crippen molar-refractivity contribution in [3.8, 4) is 0 Å². The zero-order chi connectivity index (χ0) is 15.4. The van der Waals surface area contributed by atoms with E-state index in [4.69, 9.17) is 0 Å². The van der Waals surface area contributed by atoms with Gasteiger partial charge in [-0.2, -0.15) is 0 Å². The fourth-order valence-corrected chi connectivity index (χ4v) is 3.58. The first-order chi connectivity index (χ1) is 9.18. The van der Waals surface area contributed by atoms with Crippen molar-refractivity contribution in [1.29, 1.82) is 0 Å². The van der Waals surface area contributed by atoms with Crippen LogP contribution >= 0.6 is 0 Å². The third-order valence-corrected chi connectivity index (χ3v) is 4.70. The summed E-state index contributed by atoms with van der Waals surface area (Å²) in [6.07, 6.45) is 0.951. The van der Waals surface area contributed by atoms with Crippen LogP contribution in [0.25, 0.3) is 0 Å². The molecular weight excluding hydrogens is 272 g/mol. The first-order valence-electron chi connectivity index (χ1n) is 6.98. The summed E-state index contributed by atoms with van der Waals surface area (Å²) in [6.45, 7) is 9.38. The average Bonchev–Trinajstić information content (AvgIpc) is 2.34. The van der Waals surface area contributed by atoms with Gasteiger partial charge in [-0.1, -0.05) is 39.8 Å². The molecule has 0 radical (unpaired) electrons. The van der Waals surface area contributed by atoms with Gasteiger partial charge in [0.25, 0.3) is 0 Å². The van der Waals surface area contributed by atoms with Crippen LogP contribution in [0, 0.1) is 5.41 Å². The fourth-order valence-electron chi connectivity index (χ4n) is 2.02. The van der Waals surface area contributed by atoms with E-state index in [2.05, 4.69) is 12.2 Å². The van der Waals surface area contributed by atoms with Crippen LogP contribution in [0.1, 0.15) is 34.1 Å². The molecule has 0 unspecified atom stereocenters. The quantitative estimate of drug-likeness (QED) is 0.877. The van der Waals surface area contributed by atoms with E-state index in [1.165, 1.54) is 4.31 Å². The number of para-hydroxylation sites is 1. The molecule has 0 amide bonds. The maximum absolute atomic E-state index is 12.7. The number of benzene rings is 1. The number of nitrogens with one attached hydrogen (secondary N) is 1. The second-order valence-corrected chi connectivity index (χ2v) is 8.26. The second kappa shape index (κ2) is 6.59. The molecule has 0 aliphatic carbocycles. The first kappa shape index (κ1) is 17.0. The van der Waals surface area contributed by atoms with Crippen molar-refractivity contribution in [1.82, 2.24) is 4.31 Å². The summed E-state index contributed by atoms with van der Waals surface area (Å²) in [5.41, 5.74) is 0.600. The van der Waals surface area contributed by atoms with Gasteiger partial charge in [0.15, 0.2) is 0 Å². The van der Waals surface area contributed by atoms with E-state index in [-0.39, 0.29) is 5.41 Å². The smallest absolute Gasteiger partial charge is 0.244 e. The van der Waals surface area contributed by atoms with Crippen molar-refractivity contribution in [2.75, 3.05) is 25.5 Å². The Balaban J connectivity index is 3.09. The molecule has 20 heavy (non-hydrogen) atoms. The minimum atomic E-state index is -3.46. The summed E-state index contributed by atoms with van der Waals surface area (Å²) in [6, 6.07) is 7.08. The summed E-state index contributed by atoms with van der Waals surface area (Å²) in [5.74, 6) is 0. The molecule has 1 rings (SSSR count). The lowest BCUT2D eigenvalue weighted by Gasteiger charge is -2.26. The highest BCUT2D eigenvalue weighted by atomic mass is 32.2. The van der Waals surface area contributed by atoms with E-state index < -0.39 is 10.0 Å². The highest BCUT2D eigenvalue weighted by Gasteiger charge is 2.27. The van der Waals surface area contributed by atoms with Crippen molar-refractivity contribution in [2.45, 2.75) is 39.0 Å². The van der Waals surface area contributed by atoms with Gasteiger partial charge in [-0.25, -0.2) is 12.7 Å². The topological polar surface area (TPSA) is 49.4 Å². The highest BCUT2D eigenvalue weighted by molar-refractivity contribution is 7.89. The lowest BCUT2D eigenvalue weighted by atomic mass is 9.97. The van der Waals surface area contributed by atoms with Gasteiger partial charge in [0.2, 0.25) is 10.0 Å². The van der Waals surface area contributed by atoms with Crippen LogP contribution in [0.4, 0.5) is 5.69 Å². The monoisotopic (exact) mass is 298 g/mol. The van der Waals surface area contributed by atoms with Gasteiger partial charge < -0.3 is 5.32 Å². The van der Waals surface area contributed by atoms with Gasteiger partial charge in [-0.3, -0.25) is 0 Å². The Kier molecular flexibility index (Phi) is 5.59. The highest BCUT2D eigenvalue weighted by Crippen LogP contribution is 2.26. The average molecular weight is 298 g/mol. The van der Waals surface area contributed by atoms with E-state index >= 15 is 0 Å². The van der Waals surface area contributed by atoms with Crippen molar-refractivity contribution < 1.29 is 8.42 Å². The van der Waals surface area contributed by atoms with Crippen LogP contribution in [-0.2, 0) is 10.0 Å². The predicted octanol–water partition coefficient (Wildman–Crippen LogP) is 3.18. The van der Waals surface area contributed by atoms with Crippen LogP contribution in [0.15, 0.2) is 29.2 Å². The molecule has 0 spiro atoms. The molecule has 1 aromatic rings. The zero-order valence-electron chi connectivity index (χ0n) is 13.1. The van der Waals surface area contributed by atoms with E-state index in [9.17, 15) is 8.42 Å². The summed E-state index contributed by atoms with van der Waals surface area (Å²) in [5, 5.41) is 3.18. The summed E-state index contributed by atoms with van der Waals surface area (Å²) >= 11 is 0. The molecule has 0 aromatic heterocycles. The molecule has 0 atom stereocenters. The maximum Gasteiger partial charge on any atom is 0.244 e. The molecule has 0 heterocycles. The van der Waals surface area contributed by atoms with E-state index in [1.807, 2.05) is 32.9 Å². The molecule has 0 saturated carbocycles. The molecular formula is C15H26N2O2S. The lowest BCUT2D eigenvalue weighted by Crippen LogP contribution is -2.34. The Hall–Kier alpha value is -1.07. The van der Waals surface area contributed by atoms with E-state index in [1.54, 1.807) is 19.2 Å². The standard InChI is InChI=1S/C15H26N2O2S/c1-6-11-16-13-9-7-8-10-14(13)20(18,19)17(5)12-15(2,3)4/h7-10,16H,6,11-12H2,1-5H3. The molecule has 0 aliphatic rings. The molecule has 0 aliphatic heterocycles. The van der Waals surface area contributed by atoms with Crippen LogP contribution in [-0.4, -0.2) is 32.9 Å². The summed E-state index contributed by atoms with van der Waals surface area (Å²) in [4.78, 5) is 0.347. The van der Waals surface area contributed by atoms with Crippen LogP contribution < -0.4 is 5.32 Å². The van der Waals surface area contributed by atoms with Crippen molar-refractivity contribution >= 4 is 15.7 Å². The predicted molar refractivity (Wildman–Crippen MR) is 84.5 cm³/mol. The number of hydrogen-bond acceptors (Lipinski definition) is 3. The van der Waals surface area contributed by atoms with Gasteiger partial charge in [-0.15, -0.1) is 0 Å².